The summed E-state index contributed by atoms with van der Waals surface area (Å²) >= 11 is 5.89. The number of benzene rings is 2. The second kappa shape index (κ2) is 9.72. The Hall–Kier alpha value is -1.67. The molecule has 1 aliphatic rings. The van der Waals surface area contributed by atoms with Crippen molar-refractivity contribution in [1.82, 2.24) is 10.6 Å². The first kappa shape index (κ1) is 19.7. The van der Waals surface area contributed by atoms with Crippen LogP contribution in [0.15, 0.2) is 47.5 Å². The van der Waals surface area contributed by atoms with Gasteiger partial charge in [-0.25, -0.2) is 0 Å². The summed E-state index contributed by atoms with van der Waals surface area (Å²) in [5.41, 5.74) is 2.35. The highest BCUT2D eigenvalue weighted by atomic mass is 127. The van der Waals surface area contributed by atoms with Gasteiger partial charge in [-0.15, -0.1) is 24.0 Å². The quantitative estimate of drug-likeness (QED) is 0.396. The summed E-state index contributed by atoms with van der Waals surface area (Å²) in [6.45, 7) is 1.78. The SMILES string of the molecule is CN=C(NCCc1ccc2c(c1)OCO2)NCc1ccc(Cl)cc1.I. The molecule has 0 aromatic heterocycles. The van der Waals surface area contributed by atoms with Crippen LogP contribution in [0.1, 0.15) is 11.1 Å². The minimum absolute atomic E-state index is 0. The minimum atomic E-state index is 0. The molecule has 0 atom stereocenters. The van der Waals surface area contributed by atoms with Crippen molar-refractivity contribution in [3.63, 3.8) is 0 Å². The van der Waals surface area contributed by atoms with E-state index in [-0.39, 0.29) is 24.0 Å². The maximum atomic E-state index is 5.89. The molecule has 0 fully saturated rings. The van der Waals surface area contributed by atoms with Crippen LogP contribution in [0.3, 0.4) is 0 Å². The van der Waals surface area contributed by atoms with E-state index in [0.717, 1.165) is 41.0 Å². The van der Waals surface area contributed by atoms with Crippen molar-refractivity contribution in [2.24, 2.45) is 4.99 Å². The van der Waals surface area contributed by atoms with E-state index < -0.39 is 0 Å². The van der Waals surface area contributed by atoms with Crippen molar-refractivity contribution in [3.05, 3.63) is 58.6 Å². The van der Waals surface area contributed by atoms with Crippen LogP contribution in [0.25, 0.3) is 0 Å². The van der Waals surface area contributed by atoms with E-state index in [1.165, 1.54) is 5.56 Å². The molecule has 2 aromatic carbocycles. The van der Waals surface area contributed by atoms with Crippen molar-refractivity contribution in [3.8, 4) is 11.5 Å². The van der Waals surface area contributed by atoms with Gasteiger partial charge in [0.15, 0.2) is 17.5 Å². The minimum Gasteiger partial charge on any atom is -0.454 e. The van der Waals surface area contributed by atoms with Crippen molar-refractivity contribution >= 4 is 41.5 Å². The molecular formula is C18H21ClIN3O2. The van der Waals surface area contributed by atoms with Gasteiger partial charge in [-0.2, -0.15) is 0 Å². The summed E-state index contributed by atoms with van der Waals surface area (Å²) in [6, 6.07) is 13.8. The van der Waals surface area contributed by atoms with Gasteiger partial charge in [-0.3, -0.25) is 4.99 Å². The van der Waals surface area contributed by atoms with E-state index in [0.29, 0.717) is 13.3 Å². The molecule has 0 amide bonds. The standard InChI is InChI=1S/C18H20ClN3O2.HI/c1-20-18(22-11-14-2-5-15(19)6-3-14)21-9-8-13-4-7-16-17(10-13)24-12-23-16;/h2-7,10H,8-9,11-12H2,1H3,(H2,20,21,22);1H. The Labute approximate surface area is 169 Å². The lowest BCUT2D eigenvalue weighted by Crippen LogP contribution is -2.37. The zero-order valence-electron chi connectivity index (χ0n) is 13.9. The van der Waals surface area contributed by atoms with Gasteiger partial charge in [0.1, 0.15) is 0 Å². The first-order valence-corrected chi connectivity index (χ1v) is 8.20. The molecule has 0 bridgehead atoms. The van der Waals surface area contributed by atoms with E-state index in [4.69, 9.17) is 21.1 Å². The van der Waals surface area contributed by atoms with Gasteiger partial charge < -0.3 is 20.1 Å². The van der Waals surface area contributed by atoms with Gasteiger partial charge in [-0.05, 0) is 41.8 Å². The largest absolute Gasteiger partial charge is 0.454 e. The number of nitrogens with zero attached hydrogens (tertiary/aromatic N) is 1. The molecule has 7 heteroatoms. The Kier molecular flexibility index (Phi) is 7.64. The second-order valence-corrected chi connectivity index (χ2v) is 5.85. The maximum Gasteiger partial charge on any atom is 0.231 e. The van der Waals surface area contributed by atoms with Gasteiger partial charge in [0, 0.05) is 25.2 Å². The van der Waals surface area contributed by atoms with Gasteiger partial charge in [0.2, 0.25) is 6.79 Å². The summed E-state index contributed by atoms with van der Waals surface area (Å²) in [5, 5.41) is 7.33. The second-order valence-electron chi connectivity index (χ2n) is 5.42. The van der Waals surface area contributed by atoms with Crippen molar-refractivity contribution in [1.29, 1.82) is 0 Å². The number of rotatable bonds is 5. The molecule has 0 unspecified atom stereocenters. The summed E-state index contributed by atoms with van der Waals surface area (Å²) in [4.78, 5) is 4.23. The normalized spacial score (nSPS) is 12.5. The number of aliphatic imine (C=N–C) groups is 1. The maximum absolute atomic E-state index is 5.89. The molecule has 0 saturated carbocycles. The molecule has 0 saturated heterocycles. The lowest BCUT2D eigenvalue weighted by atomic mass is 10.1. The summed E-state index contributed by atoms with van der Waals surface area (Å²) in [5.74, 6) is 2.40. The summed E-state index contributed by atoms with van der Waals surface area (Å²) in [7, 11) is 1.76. The van der Waals surface area contributed by atoms with Crippen molar-refractivity contribution in [2.45, 2.75) is 13.0 Å². The number of ether oxygens (including phenoxy) is 2. The summed E-state index contributed by atoms with van der Waals surface area (Å²) in [6.07, 6.45) is 0.873. The van der Waals surface area contributed by atoms with Crippen LogP contribution in [0, 0.1) is 0 Å². The Balaban J connectivity index is 0.00000225. The van der Waals surface area contributed by atoms with E-state index in [2.05, 4.69) is 21.7 Å². The van der Waals surface area contributed by atoms with Gasteiger partial charge in [0.25, 0.3) is 0 Å². The highest BCUT2D eigenvalue weighted by Gasteiger charge is 2.12. The summed E-state index contributed by atoms with van der Waals surface area (Å²) < 4.78 is 10.7. The molecular weight excluding hydrogens is 453 g/mol. The molecule has 134 valence electrons. The third-order valence-electron chi connectivity index (χ3n) is 3.74. The van der Waals surface area contributed by atoms with Crippen LogP contribution in [-0.2, 0) is 13.0 Å². The van der Waals surface area contributed by atoms with Crippen LogP contribution in [0.4, 0.5) is 0 Å². The number of hydrogen-bond acceptors (Lipinski definition) is 3. The van der Waals surface area contributed by atoms with Gasteiger partial charge in [0.05, 0.1) is 0 Å². The fourth-order valence-corrected chi connectivity index (χ4v) is 2.56. The zero-order valence-corrected chi connectivity index (χ0v) is 17.0. The van der Waals surface area contributed by atoms with Crippen LogP contribution in [0.2, 0.25) is 5.02 Å². The van der Waals surface area contributed by atoms with Crippen LogP contribution in [0.5, 0.6) is 11.5 Å². The smallest absolute Gasteiger partial charge is 0.231 e. The number of fused-ring (bicyclic) bond motifs is 1. The molecule has 2 aromatic rings. The number of halogens is 2. The topological polar surface area (TPSA) is 54.9 Å². The molecule has 0 aliphatic carbocycles. The van der Waals surface area contributed by atoms with Gasteiger partial charge in [-0.1, -0.05) is 29.8 Å². The van der Waals surface area contributed by atoms with E-state index in [1.807, 2.05) is 36.4 Å². The average Bonchev–Trinajstić information content (AvgIpc) is 3.07. The van der Waals surface area contributed by atoms with Crippen LogP contribution in [-0.4, -0.2) is 26.3 Å². The monoisotopic (exact) mass is 473 g/mol. The van der Waals surface area contributed by atoms with E-state index >= 15 is 0 Å². The Bertz CT molecular complexity index is 723. The lowest BCUT2D eigenvalue weighted by Gasteiger charge is -2.12. The lowest BCUT2D eigenvalue weighted by molar-refractivity contribution is 0.174. The predicted octanol–water partition coefficient (Wildman–Crippen LogP) is 3.59. The predicted molar refractivity (Wildman–Crippen MR) is 111 cm³/mol. The van der Waals surface area contributed by atoms with E-state index in [1.54, 1.807) is 7.05 Å². The fourth-order valence-electron chi connectivity index (χ4n) is 2.43. The molecule has 1 heterocycles. The van der Waals surface area contributed by atoms with Gasteiger partial charge >= 0.3 is 0 Å². The average molecular weight is 474 g/mol. The molecule has 25 heavy (non-hydrogen) atoms. The first-order valence-electron chi connectivity index (χ1n) is 7.82. The van der Waals surface area contributed by atoms with Crippen molar-refractivity contribution < 1.29 is 9.47 Å². The van der Waals surface area contributed by atoms with Crippen LogP contribution < -0.4 is 20.1 Å². The number of hydrogen-bond donors (Lipinski definition) is 2. The molecule has 2 N–H and O–H groups in total. The fraction of sp³-hybridized carbons (Fsp3) is 0.278. The third kappa shape index (κ3) is 5.67. The first-order chi connectivity index (χ1) is 11.7. The third-order valence-corrected chi connectivity index (χ3v) is 3.99. The van der Waals surface area contributed by atoms with Crippen molar-refractivity contribution in [2.75, 3.05) is 20.4 Å². The zero-order chi connectivity index (χ0) is 16.8. The molecule has 0 spiro atoms. The Morgan fingerprint density at radius 2 is 1.76 bits per heavy atom. The highest BCUT2D eigenvalue weighted by Crippen LogP contribution is 2.32. The van der Waals surface area contributed by atoms with E-state index in [9.17, 15) is 0 Å². The highest BCUT2D eigenvalue weighted by molar-refractivity contribution is 14.0. The Morgan fingerprint density at radius 3 is 2.52 bits per heavy atom. The number of nitrogens with one attached hydrogen (secondary N) is 2. The number of guanidine groups is 1. The Morgan fingerprint density at radius 1 is 1.04 bits per heavy atom. The molecule has 0 radical (unpaired) electrons. The van der Waals surface area contributed by atoms with Crippen LogP contribution >= 0.6 is 35.6 Å². The molecule has 3 rings (SSSR count). The molecule has 5 nitrogen and oxygen atoms in total. The molecule has 1 aliphatic heterocycles.